The van der Waals surface area contributed by atoms with Crippen LogP contribution < -0.4 is 15.8 Å². The Morgan fingerprint density at radius 3 is 2.40 bits per heavy atom. The predicted octanol–water partition coefficient (Wildman–Crippen LogP) is 4.36. The molecule has 1 amide bonds. The van der Waals surface area contributed by atoms with Crippen molar-refractivity contribution in [2.24, 2.45) is 0 Å². The summed E-state index contributed by atoms with van der Waals surface area (Å²) in [5.41, 5.74) is 3.85. The Bertz CT molecular complexity index is 1090. The number of carbonyl (C=O) groups excluding carboxylic acids is 1. The lowest BCUT2D eigenvalue weighted by molar-refractivity contribution is -0.116. The van der Waals surface area contributed by atoms with E-state index in [0.717, 1.165) is 35.6 Å². The van der Waals surface area contributed by atoms with Gasteiger partial charge in [0.2, 0.25) is 5.91 Å². The molecule has 1 aromatic heterocycles. The van der Waals surface area contributed by atoms with Gasteiger partial charge in [-0.3, -0.25) is 14.2 Å². The van der Waals surface area contributed by atoms with E-state index in [-0.39, 0.29) is 18.0 Å². The molecule has 1 heterocycles. The standard InChI is InChI=1S/C23H25ClN4O2/c1-4-27(5-2)19-10-11-20(16(3)12-19)26-22(29)14-28-15-25-21(13-23(28)30)17-6-8-18(24)9-7-17/h6-13,15H,4-5,14H2,1-3H3,(H,26,29). The Kier molecular flexibility index (Phi) is 6.90. The molecule has 0 saturated heterocycles. The molecular weight excluding hydrogens is 400 g/mol. The van der Waals surface area contributed by atoms with E-state index >= 15 is 0 Å². The maximum absolute atomic E-state index is 12.5. The number of benzene rings is 2. The number of rotatable bonds is 7. The van der Waals surface area contributed by atoms with Crippen LogP contribution in [0.1, 0.15) is 19.4 Å². The van der Waals surface area contributed by atoms with E-state index < -0.39 is 0 Å². The van der Waals surface area contributed by atoms with Crippen molar-refractivity contribution < 1.29 is 4.79 Å². The molecule has 0 atom stereocenters. The molecule has 0 aliphatic rings. The van der Waals surface area contributed by atoms with E-state index in [1.807, 2.05) is 19.1 Å². The number of halogens is 1. The van der Waals surface area contributed by atoms with E-state index in [9.17, 15) is 9.59 Å². The van der Waals surface area contributed by atoms with Crippen molar-refractivity contribution in [2.75, 3.05) is 23.3 Å². The molecule has 0 unspecified atom stereocenters. The van der Waals surface area contributed by atoms with E-state index in [2.05, 4.69) is 35.1 Å². The zero-order valence-electron chi connectivity index (χ0n) is 17.4. The molecule has 0 spiro atoms. The van der Waals surface area contributed by atoms with Crippen LogP contribution in [-0.2, 0) is 11.3 Å². The topological polar surface area (TPSA) is 67.2 Å². The zero-order chi connectivity index (χ0) is 21.7. The first kappa shape index (κ1) is 21.6. The summed E-state index contributed by atoms with van der Waals surface area (Å²) in [7, 11) is 0. The number of anilines is 2. The minimum Gasteiger partial charge on any atom is -0.372 e. The summed E-state index contributed by atoms with van der Waals surface area (Å²) in [5.74, 6) is -0.281. The second kappa shape index (κ2) is 9.59. The van der Waals surface area contributed by atoms with Gasteiger partial charge in [-0.25, -0.2) is 4.98 Å². The molecule has 3 aromatic rings. The van der Waals surface area contributed by atoms with Gasteiger partial charge in [0.05, 0.1) is 12.0 Å². The summed E-state index contributed by atoms with van der Waals surface area (Å²) >= 11 is 5.90. The summed E-state index contributed by atoms with van der Waals surface area (Å²) in [6, 6.07) is 14.4. The van der Waals surface area contributed by atoms with Crippen molar-refractivity contribution in [1.29, 1.82) is 0 Å². The third kappa shape index (κ3) is 5.07. The van der Waals surface area contributed by atoms with Crippen LogP contribution in [0.2, 0.25) is 5.02 Å². The summed E-state index contributed by atoms with van der Waals surface area (Å²) in [6.45, 7) is 7.91. The summed E-state index contributed by atoms with van der Waals surface area (Å²) in [5, 5.41) is 3.50. The Balaban J connectivity index is 1.70. The fourth-order valence-corrected chi connectivity index (χ4v) is 3.37. The quantitative estimate of drug-likeness (QED) is 0.612. The smallest absolute Gasteiger partial charge is 0.254 e. The van der Waals surface area contributed by atoms with Crippen LogP contribution >= 0.6 is 11.6 Å². The fourth-order valence-electron chi connectivity index (χ4n) is 3.24. The average molecular weight is 425 g/mol. The van der Waals surface area contributed by atoms with Crippen molar-refractivity contribution in [3.63, 3.8) is 0 Å². The molecule has 6 nitrogen and oxygen atoms in total. The summed E-state index contributed by atoms with van der Waals surface area (Å²) in [4.78, 5) is 31.5. The zero-order valence-corrected chi connectivity index (χ0v) is 18.1. The Morgan fingerprint density at radius 1 is 1.10 bits per heavy atom. The van der Waals surface area contributed by atoms with Crippen molar-refractivity contribution >= 4 is 28.9 Å². The van der Waals surface area contributed by atoms with Gasteiger partial charge in [0, 0.05) is 41.1 Å². The number of aromatic nitrogens is 2. The number of nitrogens with zero attached hydrogens (tertiary/aromatic N) is 3. The predicted molar refractivity (Wildman–Crippen MR) is 122 cm³/mol. The van der Waals surface area contributed by atoms with Crippen molar-refractivity contribution in [2.45, 2.75) is 27.3 Å². The molecule has 1 N–H and O–H groups in total. The number of hydrogen-bond donors (Lipinski definition) is 1. The van der Waals surface area contributed by atoms with E-state index in [1.54, 1.807) is 24.3 Å². The fraction of sp³-hybridized carbons (Fsp3) is 0.261. The largest absolute Gasteiger partial charge is 0.372 e. The molecule has 0 bridgehead atoms. The molecule has 0 radical (unpaired) electrons. The highest BCUT2D eigenvalue weighted by Crippen LogP contribution is 2.23. The highest BCUT2D eigenvalue weighted by atomic mass is 35.5. The third-order valence-corrected chi connectivity index (χ3v) is 5.20. The SMILES string of the molecule is CCN(CC)c1ccc(NC(=O)Cn2cnc(-c3ccc(Cl)cc3)cc2=O)c(C)c1. The molecule has 0 saturated carbocycles. The van der Waals surface area contributed by atoms with Crippen molar-refractivity contribution in [1.82, 2.24) is 9.55 Å². The summed E-state index contributed by atoms with van der Waals surface area (Å²) < 4.78 is 1.29. The lowest BCUT2D eigenvalue weighted by Gasteiger charge is -2.22. The van der Waals surface area contributed by atoms with Crippen LogP contribution in [0.5, 0.6) is 0 Å². The molecule has 2 aromatic carbocycles. The number of nitrogens with one attached hydrogen (secondary N) is 1. The lowest BCUT2D eigenvalue weighted by atomic mass is 10.1. The highest BCUT2D eigenvalue weighted by Gasteiger charge is 2.10. The minimum atomic E-state index is -0.293. The highest BCUT2D eigenvalue weighted by molar-refractivity contribution is 6.30. The van der Waals surface area contributed by atoms with Crippen LogP contribution in [0.25, 0.3) is 11.3 Å². The van der Waals surface area contributed by atoms with Crippen LogP contribution in [0, 0.1) is 6.92 Å². The van der Waals surface area contributed by atoms with Gasteiger partial charge in [0.1, 0.15) is 6.54 Å². The maximum atomic E-state index is 12.5. The first-order chi connectivity index (χ1) is 14.4. The van der Waals surface area contributed by atoms with Crippen molar-refractivity contribution in [3.8, 4) is 11.3 Å². The molecule has 0 fully saturated rings. The van der Waals surface area contributed by atoms with Gasteiger partial charge in [-0.15, -0.1) is 0 Å². The van der Waals surface area contributed by atoms with Crippen LogP contribution in [0.4, 0.5) is 11.4 Å². The molecular formula is C23H25ClN4O2. The normalized spacial score (nSPS) is 10.7. The molecule has 0 aliphatic carbocycles. The maximum Gasteiger partial charge on any atom is 0.254 e. The molecule has 30 heavy (non-hydrogen) atoms. The van der Waals surface area contributed by atoms with Crippen LogP contribution in [0.15, 0.2) is 59.7 Å². The molecule has 156 valence electrons. The first-order valence-corrected chi connectivity index (χ1v) is 10.3. The van der Waals surface area contributed by atoms with E-state index in [1.165, 1.54) is 17.0 Å². The second-order valence-corrected chi connectivity index (χ2v) is 7.40. The Hall–Kier alpha value is -3.12. The Labute approximate surface area is 181 Å². The lowest BCUT2D eigenvalue weighted by Crippen LogP contribution is -2.27. The van der Waals surface area contributed by atoms with Gasteiger partial charge < -0.3 is 10.2 Å². The number of aryl methyl sites for hydroxylation is 1. The van der Waals surface area contributed by atoms with Crippen LogP contribution in [0.3, 0.4) is 0 Å². The Morgan fingerprint density at radius 2 is 1.80 bits per heavy atom. The average Bonchev–Trinajstić information content (AvgIpc) is 2.73. The van der Waals surface area contributed by atoms with Crippen LogP contribution in [-0.4, -0.2) is 28.5 Å². The number of amides is 1. The van der Waals surface area contributed by atoms with Gasteiger partial charge in [-0.05, 0) is 56.7 Å². The monoisotopic (exact) mass is 424 g/mol. The van der Waals surface area contributed by atoms with E-state index in [0.29, 0.717) is 10.7 Å². The van der Waals surface area contributed by atoms with Gasteiger partial charge in [0.25, 0.3) is 5.56 Å². The van der Waals surface area contributed by atoms with Gasteiger partial charge in [-0.2, -0.15) is 0 Å². The molecule has 3 rings (SSSR count). The number of hydrogen-bond acceptors (Lipinski definition) is 4. The first-order valence-electron chi connectivity index (χ1n) is 9.89. The van der Waals surface area contributed by atoms with Gasteiger partial charge in [-0.1, -0.05) is 23.7 Å². The minimum absolute atomic E-state index is 0.107. The molecule has 7 heteroatoms. The second-order valence-electron chi connectivity index (χ2n) is 6.97. The van der Waals surface area contributed by atoms with E-state index in [4.69, 9.17) is 11.6 Å². The third-order valence-electron chi connectivity index (χ3n) is 4.95. The summed E-state index contributed by atoms with van der Waals surface area (Å²) in [6.07, 6.45) is 1.39. The van der Waals surface area contributed by atoms with Gasteiger partial charge >= 0.3 is 0 Å². The van der Waals surface area contributed by atoms with Gasteiger partial charge in [0.15, 0.2) is 0 Å². The number of carbonyl (C=O) groups is 1. The van der Waals surface area contributed by atoms with Crippen molar-refractivity contribution in [3.05, 3.63) is 75.8 Å². The molecule has 0 aliphatic heterocycles.